The summed E-state index contributed by atoms with van der Waals surface area (Å²) in [7, 11) is 0. The van der Waals surface area contributed by atoms with Crippen LogP contribution in [0.1, 0.15) is 67.1 Å². The molecule has 1 amide bonds. The molecule has 0 saturated heterocycles. The molecule has 0 saturated carbocycles. The molecular formula is C22H31N3O2. The normalized spacial score (nSPS) is 10.7. The van der Waals surface area contributed by atoms with Gasteiger partial charge >= 0.3 is 0 Å². The van der Waals surface area contributed by atoms with Crippen LogP contribution in [0.5, 0.6) is 11.5 Å². The lowest BCUT2D eigenvalue weighted by Gasteiger charge is -2.11. The first kappa shape index (κ1) is 20.9. The summed E-state index contributed by atoms with van der Waals surface area (Å²) in [6, 6.07) is 9.44. The third-order valence-electron chi connectivity index (χ3n) is 4.49. The summed E-state index contributed by atoms with van der Waals surface area (Å²) in [5, 5.41) is 3.51. The SMILES string of the molecule is CCCCCCCCNCc1ccc(Oc2ccc(C(N)=O)nc2)c(C)c1. The topological polar surface area (TPSA) is 77.2 Å². The van der Waals surface area contributed by atoms with Crippen LogP contribution in [0.2, 0.25) is 0 Å². The van der Waals surface area contributed by atoms with Gasteiger partial charge in [0.15, 0.2) is 0 Å². The summed E-state index contributed by atoms with van der Waals surface area (Å²) in [5.41, 5.74) is 7.73. The molecule has 0 fully saturated rings. The van der Waals surface area contributed by atoms with E-state index >= 15 is 0 Å². The Balaban J connectivity index is 1.77. The Kier molecular flexibility index (Phi) is 8.78. The summed E-state index contributed by atoms with van der Waals surface area (Å²) in [6.45, 7) is 6.19. The average Bonchev–Trinajstić information content (AvgIpc) is 2.66. The fourth-order valence-corrected chi connectivity index (χ4v) is 2.91. The number of primary amides is 1. The number of aromatic nitrogens is 1. The maximum Gasteiger partial charge on any atom is 0.267 e. The number of ether oxygens (including phenoxy) is 1. The molecule has 5 nitrogen and oxygen atoms in total. The van der Waals surface area contributed by atoms with Crippen molar-refractivity contribution in [2.24, 2.45) is 5.73 Å². The lowest BCUT2D eigenvalue weighted by Crippen LogP contribution is -2.14. The number of benzene rings is 1. The van der Waals surface area contributed by atoms with Gasteiger partial charge in [0.2, 0.25) is 0 Å². The number of nitrogens with two attached hydrogens (primary N) is 1. The fourth-order valence-electron chi connectivity index (χ4n) is 2.91. The van der Waals surface area contributed by atoms with Crippen molar-refractivity contribution in [2.75, 3.05) is 6.54 Å². The molecule has 1 aromatic carbocycles. The number of unbranched alkanes of at least 4 members (excludes halogenated alkanes) is 5. The fraction of sp³-hybridized carbons (Fsp3) is 0.455. The zero-order valence-corrected chi connectivity index (χ0v) is 16.5. The first-order valence-corrected chi connectivity index (χ1v) is 9.84. The molecule has 0 spiro atoms. The van der Waals surface area contributed by atoms with Crippen LogP contribution in [-0.4, -0.2) is 17.4 Å². The van der Waals surface area contributed by atoms with Crippen LogP contribution in [0.4, 0.5) is 0 Å². The largest absolute Gasteiger partial charge is 0.455 e. The quantitative estimate of drug-likeness (QED) is 0.530. The highest BCUT2D eigenvalue weighted by atomic mass is 16.5. The van der Waals surface area contributed by atoms with E-state index in [0.29, 0.717) is 5.75 Å². The molecule has 0 aliphatic rings. The molecule has 3 N–H and O–H groups in total. The third kappa shape index (κ3) is 7.39. The molecule has 2 rings (SSSR count). The number of carbonyl (C=O) groups excluding carboxylic acids is 1. The third-order valence-corrected chi connectivity index (χ3v) is 4.49. The van der Waals surface area contributed by atoms with E-state index in [9.17, 15) is 4.79 Å². The maximum absolute atomic E-state index is 11.1. The number of pyridine rings is 1. The van der Waals surface area contributed by atoms with E-state index in [1.54, 1.807) is 12.1 Å². The Morgan fingerprint density at radius 2 is 1.89 bits per heavy atom. The molecule has 146 valence electrons. The zero-order chi connectivity index (χ0) is 19.5. The number of aryl methyl sites for hydroxylation is 1. The Morgan fingerprint density at radius 3 is 2.56 bits per heavy atom. The van der Waals surface area contributed by atoms with Gasteiger partial charge in [-0.3, -0.25) is 4.79 Å². The monoisotopic (exact) mass is 369 g/mol. The second-order valence-corrected chi connectivity index (χ2v) is 6.89. The van der Waals surface area contributed by atoms with Crippen LogP contribution in [0, 0.1) is 6.92 Å². The lowest BCUT2D eigenvalue weighted by atomic mass is 10.1. The molecule has 1 aromatic heterocycles. The number of hydrogen-bond acceptors (Lipinski definition) is 4. The van der Waals surface area contributed by atoms with Gasteiger partial charge in [-0.15, -0.1) is 0 Å². The maximum atomic E-state index is 11.1. The van der Waals surface area contributed by atoms with Crippen LogP contribution in [-0.2, 0) is 6.54 Å². The Bertz CT molecular complexity index is 714. The predicted molar refractivity (Wildman–Crippen MR) is 109 cm³/mol. The van der Waals surface area contributed by atoms with Gasteiger partial charge in [-0.05, 0) is 49.2 Å². The second kappa shape index (κ2) is 11.3. The summed E-state index contributed by atoms with van der Waals surface area (Å²) in [6.07, 6.45) is 9.40. The van der Waals surface area contributed by atoms with Crippen LogP contribution >= 0.6 is 0 Å². The van der Waals surface area contributed by atoms with Crippen molar-refractivity contribution in [3.63, 3.8) is 0 Å². The van der Waals surface area contributed by atoms with Gasteiger partial charge in [-0.2, -0.15) is 0 Å². The van der Waals surface area contributed by atoms with Crippen molar-refractivity contribution in [1.29, 1.82) is 0 Å². The van der Waals surface area contributed by atoms with Crippen molar-refractivity contribution < 1.29 is 9.53 Å². The number of amides is 1. The van der Waals surface area contributed by atoms with Crippen molar-refractivity contribution in [1.82, 2.24) is 10.3 Å². The minimum absolute atomic E-state index is 0.228. The standard InChI is InChI=1S/C22H31N3O2/c1-3-4-5-6-7-8-13-24-15-18-9-12-21(17(2)14-18)27-19-10-11-20(22(23)26)25-16-19/h9-12,14,16,24H,3-8,13,15H2,1-2H3,(H2,23,26). The summed E-state index contributed by atoms with van der Waals surface area (Å²) >= 11 is 0. The second-order valence-electron chi connectivity index (χ2n) is 6.89. The van der Waals surface area contributed by atoms with Crippen LogP contribution < -0.4 is 15.8 Å². The van der Waals surface area contributed by atoms with Gasteiger partial charge < -0.3 is 15.8 Å². The van der Waals surface area contributed by atoms with Gasteiger partial charge in [-0.25, -0.2) is 4.98 Å². The van der Waals surface area contributed by atoms with Gasteiger partial charge in [0.1, 0.15) is 17.2 Å². The Morgan fingerprint density at radius 1 is 1.11 bits per heavy atom. The molecule has 0 unspecified atom stereocenters. The number of rotatable bonds is 12. The molecular weight excluding hydrogens is 338 g/mol. The number of carbonyl (C=O) groups is 1. The smallest absolute Gasteiger partial charge is 0.267 e. The number of nitrogens with one attached hydrogen (secondary N) is 1. The Labute approximate surface area is 162 Å². The molecule has 0 radical (unpaired) electrons. The number of hydrogen-bond donors (Lipinski definition) is 2. The Hall–Kier alpha value is -2.40. The molecule has 5 heteroatoms. The predicted octanol–water partition coefficient (Wildman–Crippen LogP) is 4.73. The van der Waals surface area contributed by atoms with Crippen LogP contribution in [0.25, 0.3) is 0 Å². The lowest BCUT2D eigenvalue weighted by molar-refractivity contribution is 0.0995. The highest BCUT2D eigenvalue weighted by Gasteiger charge is 2.06. The van der Waals surface area contributed by atoms with E-state index in [1.165, 1.54) is 50.3 Å². The summed E-state index contributed by atoms with van der Waals surface area (Å²) in [5.74, 6) is 0.816. The van der Waals surface area contributed by atoms with Crippen molar-refractivity contribution in [2.45, 2.75) is 58.9 Å². The zero-order valence-electron chi connectivity index (χ0n) is 16.5. The minimum atomic E-state index is -0.546. The van der Waals surface area contributed by atoms with Crippen molar-refractivity contribution in [3.8, 4) is 11.5 Å². The van der Waals surface area contributed by atoms with E-state index in [4.69, 9.17) is 10.5 Å². The highest BCUT2D eigenvalue weighted by molar-refractivity contribution is 5.90. The molecule has 2 aromatic rings. The van der Waals surface area contributed by atoms with E-state index in [-0.39, 0.29) is 5.69 Å². The highest BCUT2D eigenvalue weighted by Crippen LogP contribution is 2.25. The molecule has 0 aliphatic carbocycles. The average molecular weight is 370 g/mol. The van der Waals surface area contributed by atoms with Crippen LogP contribution in [0.15, 0.2) is 36.5 Å². The molecule has 27 heavy (non-hydrogen) atoms. The first-order chi connectivity index (χ1) is 13.1. The molecule has 0 atom stereocenters. The van der Waals surface area contributed by atoms with E-state index in [2.05, 4.69) is 29.4 Å². The molecule has 0 bridgehead atoms. The minimum Gasteiger partial charge on any atom is -0.455 e. The van der Waals surface area contributed by atoms with E-state index < -0.39 is 5.91 Å². The van der Waals surface area contributed by atoms with Crippen LogP contribution in [0.3, 0.4) is 0 Å². The molecule has 1 heterocycles. The number of nitrogens with zero attached hydrogens (tertiary/aromatic N) is 1. The molecule has 0 aliphatic heterocycles. The van der Waals surface area contributed by atoms with Crippen molar-refractivity contribution in [3.05, 3.63) is 53.3 Å². The van der Waals surface area contributed by atoms with E-state index in [0.717, 1.165) is 24.4 Å². The van der Waals surface area contributed by atoms with Gasteiger partial charge in [0.25, 0.3) is 5.91 Å². The van der Waals surface area contributed by atoms with Gasteiger partial charge in [-0.1, -0.05) is 51.2 Å². The first-order valence-electron chi connectivity index (χ1n) is 9.84. The van der Waals surface area contributed by atoms with Gasteiger partial charge in [0, 0.05) is 6.54 Å². The van der Waals surface area contributed by atoms with Gasteiger partial charge in [0.05, 0.1) is 6.20 Å². The summed E-state index contributed by atoms with van der Waals surface area (Å²) < 4.78 is 5.85. The van der Waals surface area contributed by atoms with Crippen molar-refractivity contribution >= 4 is 5.91 Å². The summed E-state index contributed by atoms with van der Waals surface area (Å²) in [4.78, 5) is 15.1. The van der Waals surface area contributed by atoms with E-state index in [1.807, 2.05) is 13.0 Å².